The van der Waals surface area contributed by atoms with Crippen molar-refractivity contribution in [1.29, 1.82) is 0 Å². The van der Waals surface area contributed by atoms with Gasteiger partial charge in [-0.2, -0.15) is 15.6 Å². The molecule has 2 saturated heterocycles. The van der Waals surface area contributed by atoms with Crippen LogP contribution in [0.15, 0.2) is 36.7 Å². The second-order valence-electron chi connectivity index (χ2n) is 7.81. The standard InChI is InChI=1S/C22H25N5O2S/c1-23-21(30-10-6-7-11-30)20(28)18-13-27(14-19-24-15-25-26(19)2)22(29)17(18)12-16-8-4-3-5-9-16/h3-5,8-9,15,17-18H,6-7,10-14H2,2H3/t17-,18+/m1/s1. The van der Waals surface area contributed by atoms with Crippen molar-refractivity contribution in [2.24, 2.45) is 18.9 Å². The minimum atomic E-state index is -0.483. The van der Waals surface area contributed by atoms with Crippen LogP contribution in [-0.2, 0) is 29.6 Å². The number of likely N-dealkylation sites (tertiary alicyclic amines) is 1. The average molecular weight is 424 g/mol. The molecule has 0 bridgehead atoms. The summed E-state index contributed by atoms with van der Waals surface area (Å²) in [6.07, 6.45) is 4.12. The van der Waals surface area contributed by atoms with Crippen LogP contribution < -0.4 is 0 Å². The maximum Gasteiger partial charge on any atom is 0.255 e. The lowest BCUT2D eigenvalue weighted by molar-refractivity contribution is -0.132. The Labute approximate surface area is 178 Å². The van der Waals surface area contributed by atoms with Gasteiger partial charge in [0.25, 0.3) is 4.99 Å². The van der Waals surface area contributed by atoms with Gasteiger partial charge in [-0.15, -0.1) is 0 Å². The molecule has 4 rings (SSSR count). The molecule has 0 spiro atoms. The summed E-state index contributed by atoms with van der Waals surface area (Å²) in [5, 5.41) is 4.08. The molecule has 0 aliphatic carbocycles. The van der Waals surface area contributed by atoms with Gasteiger partial charge in [0.15, 0.2) is 5.78 Å². The Balaban J connectivity index is 1.63. The van der Waals surface area contributed by atoms with Gasteiger partial charge in [-0.05, 0) is 36.3 Å². The minimum Gasteiger partial charge on any atom is -0.334 e. The summed E-state index contributed by atoms with van der Waals surface area (Å²) in [7, 11) is 1.54. The van der Waals surface area contributed by atoms with Gasteiger partial charge in [0, 0.05) is 19.5 Å². The van der Waals surface area contributed by atoms with Crippen LogP contribution in [0.5, 0.6) is 0 Å². The molecule has 156 valence electrons. The number of hydrogen-bond acceptors (Lipinski definition) is 4. The van der Waals surface area contributed by atoms with Crippen LogP contribution in [-0.4, -0.2) is 54.4 Å². The van der Waals surface area contributed by atoms with E-state index in [1.807, 2.05) is 30.3 Å². The van der Waals surface area contributed by atoms with Crippen molar-refractivity contribution < 1.29 is 9.59 Å². The number of aryl methyl sites for hydroxylation is 1. The smallest absolute Gasteiger partial charge is 0.255 e. The predicted octanol–water partition coefficient (Wildman–Crippen LogP) is 2.31. The lowest BCUT2D eigenvalue weighted by atomic mass is 9.86. The highest BCUT2D eigenvalue weighted by molar-refractivity contribution is 8.17. The van der Waals surface area contributed by atoms with Gasteiger partial charge in [0.1, 0.15) is 12.2 Å². The molecule has 7 nitrogen and oxygen atoms in total. The molecule has 2 atom stereocenters. The quantitative estimate of drug-likeness (QED) is 0.528. The first-order valence-corrected chi connectivity index (χ1v) is 11.8. The summed E-state index contributed by atoms with van der Waals surface area (Å²) >= 11 is 0. The van der Waals surface area contributed by atoms with Crippen LogP contribution in [0.1, 0.15) is 24.2 Å². The van der Waals surface area contributed by atoms with Crippen LogP contribution >= 0.6 is 10.5 Å². The van der Waals surface area contributed by atoms with Gasteiger partial charge >= 0.3 is 0 Å². The topological polar surface area (TPSA) is 72.5 Å². The normalized spacial score (nSPS) is 21.7. The van der Waals surface area contributed by atoms with E-state index in [1.54, 1.807) is 16.6 Å². The number of carbonyl (C=O) groups is 2. The maximum atomic E-state index is 13.5. The SMILES string of the molecule is [C-]#[N+]C(C(=O)[C@H]1CN(Cc2ncnn2C)C(=O)[C@@H]1Cc1ccccc1)=S1CCCC1. The Morgan fingerprint density at radius 1 is 1.27 bits per heavy atom. The van der Waals surface area contributed by atoms with E-state index in [4.69, 9.17) is 6.57 Å². The molecule has 3 heterocycles. The molecule has 0 radical (unpaired) electrons. The Hall–Kier alpha value is -2.79. The van der Waals surface area contributed by atoms with Gasteiger partial charge < -0.3 is 9.69 Å². The Morgan fingerprint density at radius 3 is 2.63 bits per heavy atom. The Bertz CT molecular complexity index is 1020. The number of carbonyl (C=O) groups excluding carboxylic acids is 2. The summed E-state index contributed by atoms with van der Waals surface area (Å²) in [5.41, 5.74) is 1.03. The van der Waals surface area contributed by atoms with Crippen LogP contribution in [0.3, 0.4) is 0 Å². The molecule has 0 unspecified atom stereocenters. The number of amides is 1. The largest absolute Gasteiger partial charge is 0.334 e. The third-order valence-electron chi connectivity index (χ3n) is 5.92. The molecular weight excluding hydrogens is 398 g/mol. The Kier molecular flexibility index (Phi) is 6.09. The third-order valence-corrected chi connectivity index (χ3v) is 8.32. The minimum absolute atomic E-state index is 0.0423. The first-order chi connectivity index (χ1) is 14.6. The van der Waals surface area contributed by atoms with Crippen molar-refractivity contribution in [2.75, 3.05) is 18.1 Å². The lowest BCUT2D eigenvalue weighted by Crippen LogP contribution is -2.30. The van der Waals surface area contributed by atoms with E-state index < -0.39 is 11.8 Å². The van der Waals surface area contributed by atoms with E-state index in [0.29, 0.717) is 30.3 Å². The number of aromatic nitrogens is 3. The summed E-state index contributed by atoms with van der Waals surface area (Å²) in [6, 6.07) is 9.80. The van der Waals surface area contributed by atoms with Crippen LogP contribution in [0.4, 0.5) is 0 Å². The molecule has 0 saturated carbocycles. The summed E-state index contributed by atoms with van der Waals surface area (Å²) < 4.78 is 1.64. The van der Waals surface area contributed by atoms with E-state index >= 15 is 0 Å². The fourth-order valence-electron chi connectivity index (χ4n) is 4.27. The molecule has 0 N–H and O–H groups in total. The summed E-state index contributed by atoms with van der Waals surface area (Å²) in [4.78, 5) is 36.8. The number of hydrogen-bond donors (Lipinski definition) is 0. The summed E-state index contributed by atoms with van der Waals surface area (Å²) in [5.74, 6) is 1.44. The molecule has 2 fully saturated rings. The van der Waals surface area contributed by atoms with Gasteiger partial charge in [-0.3, -0.25) is 9.48 Å². The van der Waals surface area contributed by atoms with Crippen LogP contribution in [0.25, 0.3) is 4.85 Å². The second-order valence-corrected chi connectivity index (χ2v) is 10.00. The highest BCUT2D eigenvalue weighted by Gasteiger charge is 2.45. The number of benzene rings is 1. The molecular formula is C22H25N5O2S. The zero-order chi connectivity index (χ0) is 21.1. The molecule has 2 aromatic rings. The molecule has 2 aliphatic heterocycles. The van der Waals surface area contributed by atoms with E-state index in [1.165, 1.54) is 6.33 Å². The van der Waals surface area contributed by atoms with E-state index in [0.717, 1.165) is 29.9 Å². The number of ketones is 1. The predicted molar refractivity (Wildman–Crippen MR) is 117 cm³/mol. The fraction of sp³-hybridized carbons (Fsp3) is 0.455. The van der Waals surface area contributed by atoms with Crippen molar-refractivity contribution in [3.05, 3.63) is 59.5 Å². The van der Waals surface area contributed by atoms with Crippen molar-refractivity contribution in [3.63, 3.8) is 0 Å². The van der Waals surface area contributed by atoms with Crippen LogP contribution in [0, 0.1) is 18.4 Å². The fourth-order valence-corrected chi connectivity index (χ4v) is 6.53. The van der Waals surface area contributed by atoms with Crippen molar-refractivity contribution >= 4 is 27.2 Å². The van der Waals surface area contributed by atoms with Crippen LogP contribution in [0.2, 0.25) is 0 Å². The zero-order valence-electron chi connectivity index (χ0n) is 17.0. The van der Waals surface area contributed by atoms with E-state index in [2.05, 4.69) is 14.9 Å². The number of rotatable bonds is 6. The van der Waals surface area contributed by atoms with Gasteiger partial charge in [0.05, 0.1) is 19.0 Å². The molecule has 2 aliphatic rings. The van der Waals surface area contributed by atoms with Crippen molar-refractivity contribution in [2.45, 2.75) is 25.8 Å². The molecule has 1 aromatic carbocycles. The average Bonchev–Trinajstić information content (AvgIpc) is 3.48. The van der Waals surface area contributed by atoms with Crippen molar-refractivity contribution in [1.82, 2.24) is 19.7 Å². The molecule has 1 amide bonds. The first-order valence-electron chi connectivity index (χ1n) is 10.2. The maximum absolute atomic E-state index is 13.5. The Morgan fingerprint density at radius 2 is 2.00 bits per heavy atom. The van der Waals surface area contributed by atoms with E-state index in [-0.39, 0.29) is 22.2 Å². The first kappa shape index (κ1) is 20.5. The third kappa shape index (κ3) is 4.08. The van der Waals surface area contributed by atoms with Crippen molar-refractivity contribution in [3.8, 4) is 0 Å². The summed E-state index contributed by atoms with van der Waals surface area (Å²) in [6.45, 7) is 8.30. The number of Topliss-reactive ketones (excluding diaryl/α,β-unsaturated/α-hetero) is 1. The number of nitrogens with zero attached hydrogens (tertiary/aromatic N) is 5. The van der Waals surface area contributed by atoms with Gasteiger partial charge in [-0.25, -0.2) is 9.83 Å². The lowest BCUT2D eigenvalue weighted by Gasteiger charge is -2.16. The van der Waals surface area contributed by atoms with Gasteiger partial charge in [-0.1, -0.05) is 30.3 Å². The highest BCUT2D eigenvalue weighted by atomic mass is 32.2. The molecule has 1 aromatic heterocycles. The second kappa shape index (κ2) is 8.92. The molecule has 8 heteroatoms. The highest BCUT2D eigenvalue weighted by Crippen LogP contribution is 2.34. The zero-order valence-corrected chi connectivity index (χ0v) is 17.8. The van der Waals surface area contributed by atoms with E-state index in [9.17, 15) is 9.59 Å². The van der Waals surface area contributed by atoms with Gasteiger partial charge in [0.2, 0.25) is 5.91 Å². The monoisotopic (exact) mass is 423 g/mol. The molecule has 30 heavy (non-hydrogen) atoms.